The van der Waals surface area contributed by atoms with Gasteiger partial charge in [0.1, 0.15) is 10.8 Å². The molecule has 0 radical (unpaired) electrons. The van der Waals surface area contributed by atoms with Crippen molar-refractivity contribution in [1.29, 1.82) is 0 Å². The topological polar surface area (TPSA) is 93.7 Å². The van der Waals surface area contributed by atoms with Crippen LogP contribution in [0.2, 0.25) is 0 Å². The van der Waals surface area contributed by atoms with Gasteiger partial charge < -0.3 is 20.1 Å². The van der Waals surface area contributed by atoms with E-state index in [1.807, 2.05) is 32.0 Å². The van der Waals surface area contributed by atoms with Gasteiger partial charge in [-0.25, -0.2) is 4.79 Å². The van der Waals surface area contributed by atoms with E-state index in [0.29, 0.717) is 27.8 Å². The largest absolute Gasteiger partial charge is 0.481 e. The van der Waals surface area contributed by atoms with Crippen LogP contribution in [0, 0.1) is 19.8 Å². The molecule has 1 aromatic heterocycles. The molecular formula is C30H34N2O5S. The number of nitrogens with one attached hydrogen (secondary N) is 2. The molecule has 1 aliphatic rings. The lowest BCUT2D eigenvalue weighted by molar-refractivity contribution is -0.122. The molecular weight excluding hydrogens is 500 g/mol. The Morgan fingerprint density at radius 1 is 1.08 bits per heavy atom. The number of anilines is 2. The Morgan fingerprint density at radius 2 is 1.82 bits per heavy atom. The van der Waals surface area contributed by atoms with Gasteiger partial charge in [-0.05, 0) is 99.9 Å². The number of ether oxygens (including phenoxy) is 2. The molecule has 0 fully saturated rings. The van der Waals surface area contributed by atoms with E-state index in [9.17, 15) is 14.4 Å². The Hall–Kier alpha value is -3.65. The summed E-state index contributed by atoms with van der Waals surface area (Å²) in [5, 5.41) is 6.37. The van der Waals surface area contributed by atoms with E-state index < -0.39 is 12.1 Å². The quantitative estimate of drug-likeness (QED) is 0.330. The third-order valence-corrected chi connectivity index (χ3v) is 7.84. The fourth-order valence-electron chi connectivity index (χ4n) is 4.48. The first-order valence-electron chi connectivity index (χ1n) is 12.9. The zero-order chi connectivity index (χ0) is 27.4. The number of hydrogen-bond acceptors (Lipinski definition) is 6. The molecule has 200 valence electrons. The summed E-state index contributed by atoms with van der Waals surface area (Å²) >= 11 is 1.46. The van der Waals surface area contributed by atoms with Gasteiger partial charge in [0.05, 0.1) is 12.2 Å². The van der Waals surface area contributed by atoms with Gasteiger partial charge in [-0.2, -0.15) is 0 Å². The summed E-state index contributed by atoms with van der Waals surface area (Å²) in [6, 6.07) is 12.5. The molecule has 0 aliphatic heterocycles. The summed E-state index contributed by atoms with van der Waals surface area (Å²) < 4.78 is 11.1. The normalized spacial score (nSPS) is 15.2. The molecule has 2 amide bonds. The number of fused-ring (bicyclic) bond motifs is 1. The maximum atomic E-state index is 13.1. The van der Waals surface area contributed by atoms with Gasteiger partial charge in [-0.15, -0.1) is 11.3 Å². The predicted octanol–water partition coefficient (Wildman–Crippen LogP) is 6.32. The zero-order valence-electron chi connectivity index (χ0n) is 22.5. The first kappa shape index (κ1) is 27.4. The molecule has 7 nitrogen and oxygen atoms in total. The Morgan fingerprint density at radius 3 is 2.53 bits per heavy atom. The molecule has 38 heavy (non-hydrogen) atoms. The van der Waals surface area contributed by atoms with Gasteiger partial charge in [0.25, 0.3) is 11.8 Å². The SMILES string of the molecule is CCOC(=O)c1c(NC(=O)c2ccc(O[C@@H](C)C(=O)Nc3cc(C)ccc3C)cc2)sc2c1CC[C@H](C)C2. The average Bonchev–Trinajstić information content (AvgIpc) is 3.23. The van der Waals surface area contributed by atoms with Crippen molar-refractivity contribution in [3.8, 4) is 5.75 Å². The lowest BCUT2D eigenvalue weighted by Gasteiger charge is -2.18. The van der Waals surface area contributed by atoms with Crippen LogP contribution in [0.4, 0.5) is 10.7 Å². The Balaban J connectivity index is 1.43. The van der Waals surface area contributed by atoms with Crippen LogP contribution in [-0.2, 0) is 22.4 Å². The number of aryl methyl sites for hydroxylation is 2. The fraction of sp³-hybridized carbons (Fsp3) is 0.367. The first-order chi connectivity index (χ1) is 18.2. The second-order valence-electron chi connectivity index (χ2n) is 9.82. The molecule has 2 atom stereocenters. The van der Waals surface area contributed by atoms with Crippen LogP contribution in [0.3, 0.4) is 0 Å². The number of rotatable bonds is 8. The van der Waals surface area contributed by atoms with Crippen LogP contribution < -0.4 is 15.4 Å². The second kappa shape index (κ2) is 11.8. The van der Waals surface area contributed by atoms with Gasteiger partial charge in [0.15, 0.2) is 6.10 Å². The van der Waals surface area contributed by atoms with Gasteiger partial charge in [0.2, 0.25) is 0 Å². The van der Waals surface area contributed by atoms with Crippen LogP contribution in [0.15, 0.2) is 42.5 Å². The number of esters is 1. The van der Waals surface area contributed by atoms with Gasteiger partial charge in [-0.1, -0.05) is 19.1 Å². The van der Waals surface area contributed by atoms with Crippen molar-refractivity contribution >= 4 is 39.8 Å². The number of carbonyl (C=O) groups is 3. The molecule has 0 saturated heterocycles. The molecule has 1 heterocycles. The zero-order valence-corrected chi connectivity index (χ0v) is 23.3. The van der Waals surface area contributed by atoms with E-state index in [4.69, 9.17) is 9.47 Å². The molecule has 2 N–H and O–H groups in total. The van der Waals surface area contributed by atoms with Crippen LogP contribution in [0.5, 0.6) is 5.75 Å². The lowest BCUT2D eigenvalue weighted by Crippen LogP contribution is -2.30. The summed E-state index contributed by atoms with van der Waals surface area (Å²) in [4.78, 5) is 39.6. The van der Waals surface area contributed by atoms with Gasteiger partial charge in [-0.3, -0.25) is 9.59 Å². The average molecular weight is 535 g/mol. The number of carbonyl (C=O) groups excluding carboxylic acids is 3. The monoisotopic (exact) mass is 534 g/mol. The highest BCUT2D eigenvalue weighted by Gasteiger charge is 2.29. The Kier molecular flexibility index (Phi) is 8.52. The van der Waals surface area contributed by atoms with Crippen molar-refractivity contribution in [2.45, 2.75) is 60.0 Å². The minimum Gasteiger partial charge on any atom is -0.481 e. The molecule has 0 saturated carbocycles. The second-order valence-corrected chi connectivity index (χ2v) is 10.9. The smallest absolute Gasteiger partial charge is 0.341 e. The fourth-order valence-corrected chi connectivity index (χ4v) is 5.87. The van der Waals surface area contributed by atoms with E-state index in [1.165, 1.54) is 11.3 Å². The van der Waals surface area contributed by atoms with Crippen molar-refractivity contribution in [3.63, 3.8) is 0 Å². The molecule has 0 bridgehead atoms. The van der Waals surface area contributed by atoms with Crippen molar-refractivity contribution in [3.05, 3.63) is 75.2 Å². The predicted molar refractivity (Wildman–Crippen MR) is 150 cm³/mol. The molecule has 0 unspecified atom stereocenters. The van der Waals surface area contributed by atoms with Crippen molar-refractivity contribution in [2.75, 3.05) is 17.2 Å². The van der Waals surface area contributed by atoms with Crippen molar-refractivity contribution < 1.29 is 23.9 Å². The third-order valence-electron chi connectivity index (χ3n) is 6.67. The number of thiophene rings is 1. The Bertz CT molecular complexity index is 1350. The highest BCUT2D eigenvalue weighted by Crippen LogP contribution is 2.40. The molecule has 4 rings (SSSR count). The van der Waals surface area contributed by atoms with Gasteiger partial charge in [0, 0.05) is 16.1 Å². The molecule has 2 aromatic carbocycles. The molecule has 8 heteroatoms. The highest BCUT2D eigenvalue weighted by molar-refractivity contribution is 7.17. The molecule has 0 spiro atoms. The number of benzene rings is 2. The van der Waals surface area contributed by atoms with Crippen molar-refractivity contribution in [2.24, 2.45) is 5.92 Å². The maximum Gasteiger partial charge on any atom is 0.341 e. The minimum atomic E-state index is -0.735. The van der Waals surface area contributed by atoms with E-state index in [0.717, 1.165) is 46.5 Å². The molecule has 1 aliphatic carbocycles. The standard InChI is InChI=1S/C30H34N2O5S/c1-6-36-30(35)26-23-14-8-18(3)16-25(23)38-29(26)32-28(34)21-10-12-22(13-11-21)37-20(5)27(33)31-24-15-17(2)7-9-19(24)4/h7,9-13,15,18,20H,6,8,14,16H2,1-5H3,(H,31,33)(H,32,34)/t18-,20-/m0/s1. The van der Waals surface area contributed by atoms with Gasteiger partial charge >= 0.3 is 5.97 Å². The summed E-state index contributed by atoms with van der Waals surface area (Å²) in [7, 11) is 0. The summed E-state index contributed by atoms with van der Waals surface area (Å²) in [6.07, 6.45) is 1.97. The Labute approximate surface area is 227 Å². The summed E-state index contributed by atoms with van der Waals surface area (Å²) in [5.41, 5.74) is 4.68. The summed E-state index contributed by atoms with van der Waals surface area (Å²) in [6.45, 7) is 9.83. The van der Waals surface area contributed by atoms with Crippen LogP contribution >= 0.6 is 11.3 Å². The van der Waals surface area contributed by atoms with E-state index in [2.05, 4.69) is 17.6 Å². The molecule has 3 aromatic rings. The van der Waals surface area contributed by atoms with Crippen LogP contribution in [0.25, 0.3) is 0 Å². The highest BCUT2D eigenvalue weighted by atomic mass is 32.1. The minimum absolute atomic E-state index is 0.261. The number of amides is 2. The van der Waals surface area contributed by atoms with E-state index >= 15 is 0 Å². The van der Waals surface area contributed by atoms with Crippen LogP contribution in [0.1, 0.15) is 69.5 Å². The van der Waals surface area contributed by atoms with Crippen molar-refractivity contribution in [1.82, 2.24) is 0 Å². The maximum absolute atomic E-state index is 13.1. The van der Waals surface area contributed by atoms with E-state index in [1.54, 1.807) is 38.1 Å². The lowest BCUT2D eigenvalue weighted by atomic mass is 9.88. The first-order valence-corrected chi connectivity index (χ1v) is 13.8. The van der Waals surface area contributed by atoms with E-state index in [-0.39, 0.29) is 18.4 Å². The third kappa shape index (κ3) is 6.25. The number of hydrogen-bond donors (Lipinski definition) is 2. The van der Waals surface area contributed by atoms with Crippen LogP contribution in [-0.4, -0.2) is 30.5 Å². The summed E-state index contributed by atoms with van der Waals surface area (Å²) in [5.74, 6) is 0.0275.